The van der Waals surface area contributed by atoms with Crippen LogP contribution in [-0.2, 0) is 6.42 Å². The van der Waals surface area contributed by atoms with E-state index >= 15 is 0 Å². The highest BCUT2D eigenvalue weighted by atomic mass is 19.1. The molecule has 0 spiro atoms. The highest BCUT2D eigenvalue weighted by Gasteiger charge is 2.25. The normalized spacial score (nSPS) is 19.8. The highest BCUT2D eigenvalue weighted by Crippen LogP contribution is 2.22. The van der Waals surface area contributed by atoms with Crippen LogP contribution in [0.25, 0.3) is 0 Å². The van der Waals surface area contributed by atoms with Gasteiger partial charge in [-0.1, -0.05) is 18.2 Å². The third-order valence-electron chi connectivity index (χ3n) is 3.58. The van der Waals surface area contributed by atoms with E-state index in [2.05, 4.69) is 0 Å². The Labute approximate surface area is 106 Å². The maximum Gasteiger partial charge on any atom is 0.407 e. The number of halogens is 1. The number of nitrogens with zero attached hydrogens (tertiary/aromatic N) is 1. The first-order valence-corrected chi connectivity index (χ1v) is 6.41. The molecule has 2 rings (SSSR count). The molecule has 0 radical (unpaired) electrons. The summed E-state index contributed by atoms with van der Waals surface area (Å²) >= 11 is 0. The Bertz CT molecular complexity index is 422. The van der Waals surface area contributed by atoms with Crippen molar-refractivity contribution >= 4 is 6.09 Å². The van der Waals surface area contributed by atoms with Gasteiger partial charge in [0.25, 0.3) is 0 Å². The lowest BCUT2D eigenvalue weighted by atomic mass is 9.96. The fourth-order valence-corrected chi connectivity index (χ4v) is 2.58. The van der Waals surface area contributed by atoms with Gasteiger partial charge in [-0.25, -0.2) is 9.18 Å². The number of carbonyl (C=O) groups is 1. The number of piperidine rings is 1. The smallest absolute Gasteiger partial charge is 0.407 e. The van der Waals surface area contributed by atoms with Gasteiger partial charge in [-0.2, -0.15) is 0 Å². The zero-order chi connectivity index (χ0) is 13.0. The molecule has 0 aliphatic carbocycles. The largest absolute Gasteiger partial charge is 0.465 e. The molecule has 0 bridgehead atoms. The van der Waals surface area contributed by atoms with Crippen molar-refractivity contribution in [2.75, 3.05) is 6.54 Å². The van der Waals surface area contributed by atoms with Crippen molar-refractivity contribution in [3.05, 3.63) is 35.6 Å². The second-order valence-corrected chi connectivity index (χ2v) is 4.76. The molecule has 98 valence electrons. The molecule has 1 amide bonds. The molecular weight excluding hydrogens is 233 g/mol. The molecule has 1 atom stereocenters. The van der Waals surface area contributed by atoms with Gasteiger partial charge in [-0.15, -0.1) is 0 Å². The number of hydrogen-bond donors (Lipinski definition) is 1. The summed E-state index contributed by atoms with van der Waals surface area (Å²) in [5.41, 5.74) is 0.674. The van der Waals surface area contributed by atoms with E-state index in [9.17, 15) is 9.18 Å². The number of hydrogen-bond acceptors (Lipinski definition) is 1. The number of likely N-dealkylation sites (tertiary alicyclic amines) is 1. The van der Waals surface area contributed by atoms with Crippen LogP contribution in [0.15, 0.2) is 24.3 Å². The van der Waals surface area contributed by atoms with Crippen LogP contribution >= 0.6 is 0 Å². The van der Waals surface area contributed by atoms with Gasteiger partial charge in [0.05, 0.1) is 0 Å². The lowest BCUT2D eigenvalue weighted by Crippen LogP contribution is -2.43. The first-order valence-electron chi connectivity index (χ1n) is 6.41. The third-order valence-corrected chi connectivity index (χ3v) is 3.58. The van der Waals surface area contributed by atoms with Crippen molar-refractivity contribution in [3.8, 4) is 0 Å². The van der Waals surface area contributed by atoms with Gasteiger partial charge in [0.2, 0.25) is 0 Å². The number of carboxylic acid groups (broad SMARTS) is 1. The summed E-state index contributed by atoms with van der Waals surface area (Å²) in [7, 11) is 0. The van der Waals surface area contributed by atoms with Gasteiger partial charge in [0.1, 0.15) is 5.82 Å². The van der Waals surface area contributed by atoms with Crippen molar-refractivity contribution in [2.45, 2.75) is 38.1 Å². The first kappa shape index (κ1) is 12.9. The SMILES string of the molecule is O=C(O)N1CCCCC1CCc1ccccc1F. The lowest BCUT2D eigenvalue weighted by Gasteiger charge is -2.33. The standard InChI is InChI=1S/C14H18FNO2/c15-13-7-2-1-5-11(13)8-9-12-6-3-4-10-16(12)14(17)18/h1-2,5,7,12H,3-4,6,8-10H2,(H,17,18). The van der Waals surface area contributed by atoms with Crippen LogP contribution in [-0.4, -0.2) is 28.7 Å². The second kappa shape index (κ2) is 5.85. The summed E-state index contributed by atoms with van der Waals surface area (Å²) < 4.78 is 13.5. The van der Waals surface area contributed by atoms with E-state index in [1.165, 1.54) is 11.0 Å². The molecule has 1 aliphatic heterocycles. The summed E-state index contributed by atoms with van der Waals surface area (Å²) in [5.74, 6) is -0.199. The molecule has 1 fully saturated rings. The Kier molecular flexibility index (Phi) is 4.18. The molecule has 1 saturated heterocycles. The Balaban J connectivity index is 1.96. The van der Waals surface area contributed by atoms with Crippen molar-refractivity contribution in [1.82, 2.24) is 4.90 Å². The van der Waals surface area contributed by atoms with Gasteiger partial charge in [0, 0.05) is 12.6 Å². The molecule has 1 unspecified atom stereocenters. The molecule has 18 heavy (non-hydrogen) atoms. The predicted octanol–water partition coefficient (Wildman–Crippen LogP) is 3.29. The fraction of sp³-hybridized carbons (Fsp3) is 0.500. The Morgan fingerprint density at radius 1 is 1.39 bits per heavy atom. The Morgan fingerprint density at radius 3 is 2.89 bits per heavy atom. The minimum absolute atomic E-state index is 0.0378. The minimum Gasteiger partial charge on any atom is -0.465 e. The number of aryl methyl sites for hydroxylation is 1. The van der Waals surface area contributed by atoms with Crippen LogP contribution in [0.4, 0.5) is 9.18 Å². The minimum atomic E-state index is -0.853. The molecule has 1 aromatic rings. The Hall–Kier alpha value is -1.58. The van der Waals surface area contributed by atoms with Crippen LogP contribution in [0.5, 0.6) is 0 Å². The topological polar surface area (TPSA) is 40.5 Å². The summed E-state index contributed by atoms with van der Waals surface area (Å²) in [6.45, 7) is 0.608. The van der Waals surface area contributed by atoms with E-state index < -0.39 is 6.09 Å². The second-order valence-electron chi connectivity index (χ2n) is 4.76. The van der Waals surface area contributed by atoms with Crippen molar-refractivity contribution in [3.63, 3.8) is 0 Å². The predicted molar refractivity (Wildman–Crippen MR) is 67.1 cm³/mol. The molecular formula is C14H18FNO2. The third kappa shape index (κ3) is 3.00. The van der Waals surface area contributed by atoms with Crippen molar-refractivity contribution in [2.24, 2.45) is 0 Å². The number of benzene rings is 1. The van der Waals surface area contributed by atoms with E-state index in [1.807, 2.05) is 6.07 Å². The summed E-state index contributed by atoms with van der Waals surface area (Å²) in [6.07, 6.45) is 3.33. The maximum atomic E-state index is 13.5. The molecule has 4 heteroatoms. The summed E-state index contributed by atoms with van der Waals surface area (Å²) in [4.78, 5) is 12.6. The van der Waals surface area contributed by atoms with E-state index in [4.69, 9.17) is 5.11 Å². The number of rotatable bonds is 3. The van der Waals surface area contributed by atoms with E-state index in [0.717, 1.165) is 19.3 Å². The molecule has 0 saturated carbocycles. The monoisotopic (exact) mass is 251 g/mol. The van der Waals surface area contributed by atoms with Gasteiger partial charge >= 0.3 is 6.09 Å². The zero-order valence-corrected chi connectivity index (χ0v) is 10.3. The van der Waals surface area contributed by atoms with Gasteiger partial charge < -0.3 is 10.0 Å². The molecule has 3 nitrogen and oxygen atoms in total. The van der Waals surface area contributed by atoms with Crippen LogP contribution in [0.2, 0.25) is 0 Å². The number of amides is 1. The lowest BCUT2D eigenvalue weighted by molar-refractivity contribution is 0.103. The van der Waals surface area contributed by atoms with Crippen LogP contribution in [0, 0.1) is 5.82 Å². The highest BCUT2D eigenvalue weighted by molar-refractivity contribution is 5.65. The summed E-state index contributed by atoms with van der Waals surface area (Å²) in [6, 6.07) is 6.74. The quantitative estimate of drug-likeness (QED) is 0.895. The van der Waals surface area contributed by atoms with Crippen LogP contribution in [0.1, 0.15) is 31.2 Å². The van der Waals surface area contributed by atoms with Crippen LogP contribution in [0.3, 0.4) is 0 Å². The molecule has 1 heterocycles. The van der Waals surface area contributed by atoms with Crippen molar-refractivity contribution in [1.29, 1.82) is 0 Å². The molecule has 1 aliphatic rings. The fourth-order valence-electron chi connectivity index (χ4n) is 2.58. The average molecular weight is 251 g/mol. The van der Waals surface area contributed by atoms with Crippen molar-refractivity contribution < 1.29 is 14.3 Å². The van der Waals surface area contributed by atoms with Gasteiger partial charge in [0.15, 0.2) is 0 Å². The zero-order valence-electron chi connectivity index (χ0n) is 10.3. The van der Waals surface area contributed by atoms with E-state index in [1.54, 1.807) is 12.1 Å². The molecule has 1 aromatic carbocycles. The summed E-state index contributed by atoms with van der Waals surface area (Å²) in [5, 5.41) is 9.11. The Morgan fingerprint density at radius 2 is 2.17 bits per heavy atom. The van der Waals surface area contributed by atoms with E-state index in [-0.39, 0.29) is 11.9 Å². The van der Waals surface area contributed by atoms with Crippen LogP contribution < -0.4 is 0 Å². The van der Waals surface area contributed by atoms with E-state index in [0.29, 0.717) is 24.9 Å². The average Bonchev–Trinajstić information content (AvgIpc) is 2.38. The first-order chi connectivity index (χ1) is 8.68. The van der Waals surface area contributed by atoms with Gasteiger partial charge in [-0.3, -0.25) is 0 Å². The van der Waals surface area contributed by atoms with Gasteiger partial charge in [-0.05, 0) is 43.7 Å². The molecule has 0 aromatic heterocycles. The molecule has 1 N–H and O–H groups in total. The maximum absolute atomic E-state index is 13.5.